The monoisotopic (exact) mass is 488 g/mol. The van der Waals surface area contributed by atoms with Gasteiger partial charge >= 0.3 is 0 Å². The summed E-state index contributed by atoms with van der Waals surface area (Å²) < 4.78 is 53.5. The highest BCUT2D eigenvalue weighted by Gasteiger charge is 2.31. The van der Waals surface area contributed by atoms with E-state index in [0.29, 0.717) is 17.1 Å². The fraction of sp³-hybridized carbons (Fsp3) is 0.182. The number of hydrogen-bond donors (Lipinski definition) is 2. The molecule has 0 bridgehead atoms. The number of aromatic nitrogens is 1. The maximum Gasteiger partial charge on any atom is 0.261 e. The second-order valence-electron chi connectivity index (χ2n) is 7.18. The number of benzene rings is 2. The van der Waals surface area contributed by atoms with Gasteiger partial charge in [0.2, 0.25) is 15.9 Å². The topological polar surface area (TPSA) is 126 Å². The van der Waals surface area contributed by atoms with Crippen LogP contribution in [0.5, 0.6) is 0 Å². The molecular weight excluding hydrogens is 464 g/mol. The van der Waals surface area contributed by atoms with Crippen molar-refractivity contribution in [3.8, 4) is 0 Å². The van der Waals surface area contributed by atoms with Crippen LogP contribution in [0.2, 0.25) is 0 Å². The summed E-state index contributed by atoms with van der Waals surface area (Å²) in [5.74, 6) is -0.532. The van der Waals surface area contributed by atoms with Gasteiger partial charge in [-0.3, -0.25) is 18.8 Å². The van der Waals surface area contributed by atoms with Crippen LogP contribution in [0.15, 0.2) is 84.0 Å². The average Bonchev–Trinajstić information content (AvgIpc) is 2.77. The van der Waals surface area contributed by atoms with Gasteiger partial charge in [0, 0.05) is 11.9 Å². The second-order valence-corrected chi connectivity index (χ2v) is 10.7. The minimum atomic E-state index is -3.84. The van der Waals surface area contributed by atoms with Crippen LogP contribution in [0, 0.1) is 0 Å². The lowest BCUT2D eigenvalue weighted by Gasteiger charge is -2.30. The molecule has 9 nitrogen and oxygen atoms in total. The Balaban J connectivity index is 1.79. The van der Waals surface area contributed by atoms with E-state index in [1.165, 1.54) is 36.7 Å². The molecule has 3 rings (SSSR count). The average molecular weight is 489 g/mol. The maximum atomic E-state index is 13.0. The van der Waals surface area contributed by atoms with Crippen LogP contribution in [0.4, 0.5) is 17.1 Å². The lowest BCUT2D eigenvalue weighted by atomic mass is 10.2. The van der Waals surface area contributed by atoms with Gasteiger partial charge < -0.3 is 5.32 Å². The molecule has 1 aromatic heterocycles. The molecule has 0 unspecified atom stereocenters. The molecule has 0 aliphatic heterocycles. The maximum absolute atomic E-state index is 13.0. The number of pyridine rings is 1. The van der Waals surface area contributed by atoms with E-state index >= 15 is 0 Å². The summed E-state index contributed by atoms with van der Waals surface area (Å²) in [5, 5.41) is 2.67. The van der Waals surface area contributed by atoms with Crippen molar-refractivity contribution in [2.75, 3.05) is 20.6 Å². The van der Waals surface area contributed by atoms with E-state index in [1.807, 2.05) is 0 Å². The van der Waals surface area contributed by atoms with Crippen molar-refractivity contribution in [3.63, 3.8) is 0 Å². The van der Waals surface area contributed by atoms with Crippen molar-refractivity contribution in [2.45, 2.75) is 24.3 Å². The molecule has 0 aliphatic carbocycles. The van der Waals surface area contributed by atoms with Crippen LogP contribution in [-0.2, 0) is 24.8 Å². The summed E-state index contributed by atoms with van der Waals surface area (Å²) in [6.45, 7) is 1.71. The molecule has 2 N–H and O–H groups in total. The third-order valence-corrected chi connectivity index (χ3v) is 7.26. The van der Waals surface area contributed by atoms with Gasteiger partial charge in [-0.2, -0.15) is 0 Å². The first-order chi connectivity index (χ1) is 15.6. The first kappa shape index (κ1) is 24.2. The third-order valence-electron chi connectivity index (χ3n) is 4.69. The molecule has 0 radical (unpaired) electrons. The Morgan fingerprint density at radius 2 is 1.61 bits per heavy atom. The summed E-state index contributed by atoms with van der Waals surface area (Å²) in [6.07, 6.45) is 4.19. The number of anilines is 3. The number of amides is 1. The number of nitrogens with one attached hydrogen (secondary N) is 2. The second kappa shape index (κ2) is 10.0. The third kappa shape index (κ3) is 6.08. The predicted octanol–water partition coefficient (Wildman–Crippen LogP) is 3.07. The highest BCUT2D eigenvalue weighted by molar-refractivity contribution is 7.92. The Hall–Kier alpha value is -3.44. The zero-order valence-electron chi connectivity index (χ0n) is 18.0. The molecule has 3 aromatic rings. The van der Waals surface area contributed by atoms with E-state index in [4.69, 9.17) is 0 Å². The Bertz CT molecular complexity index is 1300. The van der Waals surface area contributed by atoms with Gasteiger partial charge in [0.25, 0.3) is 10.0 Å². The largest absolute Gasteiger partial charge is 0.324 e. The Labute approximate surface area is 193 Å². The van der Waals surface area contributed by atoms with Crippen molar-refractivity contribution in [1.29, 1.82) is 0 Å². The smallest absolute Gasteiger partial charge is 0.261 e. The fourth-order valence-corrected chi connectivity index (χ4v) is 5.47. The molecule has 0 aliphatic rings. The minimum Gasteiger partial charge on any atom is -0.324 e. The molecular formula is C22H24N4O5S2. The number of para-hydroxylation sites is 1. The molecule has 0 saturated carbocycles. The van der Waals surface area contributed by atoms with Gasteiger partial charge in [-0.15, -0.1) is 0 Å². The van der Waals surface area contributed by atoms with Gasteiger partial charge in [0.15, 0.2) is 0 Å². The standard InChI is InChI=1S/C22H24N4O5S2/c1-3-21(26(32(2,28)29)19-9-5-4-6-10-19)22(27)24-17-11-13-20(14-12-17)33(30,31)25-18-8-7-15-23-16-18/h4-16,21,25H,3H2,1-2H3,(H,24,27)/t21-/m0/s1. The van der Waals surface area contributed by atoms with Gasteiger partial charge in [-0.25, -0.2) is 16.8 Å². The fourth-order valence-electron chi connectivity index (χ4n) is 3.22. The zero-order chi connectivity index (χ0) is 24.1. The summed E-state index contributed by atoms with van der Waals surface area (Å²) in [6, 6.07) is 16.1. The van der Waals surface area contributed by atoms with Crippen molar-refractivity contribution in [2.24, 2.45) is 0 Å². The number of carbonyl (C=O) groups excluding carboxylic acids is 1. The molecule has 33 heavy (non-hydrogen) atoms. The number of nitrogens with zero attached hydrogens (tertiary/aromatic N) is 2. The number of hydrogen-bond acceptors (Lipinski definition) is 6. The Morgan fingerprint density at radius 1 is 0.939 bits per heavy atom. The van der Waals surface area contributed by atoms with E-state index in [1.54, 1.807) is 49.4 Å². The summed E-state index contributed by atoms with van der Waals surface area (Å²) in [4.78, 5) is 16.8. The van der Waals surface area contributed by atoms with Gasteiger partial charge in [-0.05, 0) is 55.0 Å². The summed E-state index contributed by atoms with van der Waals surface area (Å²) >= 11 is 0. The summed E-state index contributed by atoms with van der Waals surface area (Å²) in [7, 11) is -7.58. The van der Waals surface area contributed by atoms with Gasteiger partial charge in [0.05, 0.1) is 28.7 Å². The highest BCUT2D eigenvalue weighted by Crippen LogP contribution is 2.23. The zero-order valence-corrected chi connectivity index (χ0v) is 19.7. The molecule has 1 atom stereocenters. The van der Waals surface area contributed by atoms with Crippen molar-refractivity contribution >= 4 is 43.0 Å². The molecule has 11 heteroatoms. The van der Waals surface area contributed by atoms with Crippen molar-refractivity contribution in [3.05, 3.63) is 79.1 Å². The van der Waals surface area contributed by atoms with E-state index in [2.05, 4.69) is 15.0 Å². The van der Waals surface area contributed by atoms with E-state index in [-0.39, 0.29) is 11.3 Å². The van der Waals surface area contributed by atoms with E-state index in [0.717, 1.165) is 10.6 Å². The van der Waals surface area contributed by atoms with Crippen LogP contribution in [0.3, 0.4) is 0 Å². The van der Waals surface area contributed by atoms with Gasteiger partial charge in [0.1, 0.15) is 6.04 Å². The number of sulfonamides is 2. The SMILES string of the molecule is CC[C@@H](C(=O)Nc1ccc(S(=O)(=O)Nc2cccnc2)cc1)N(c1ccccc1)S(C)(=O)=O. The quantitative estimate of drug-likeness (QED) is 0.477. The molecule has 0 fully saturated rings. The summed E-state index contributed by atoms with van der Waals surface area (Å²) in [5.41, 5.74) is 1.03. The van der Waals surface area contributed by atoms with Crippen molar-refractivity contribution < 1.29 is 21.6 Å². The normalized spacial score (nSPS) is 12.5. The van der Waals surface area contributed by atoms with Crippen LogP contribution in [0.1, 0.15) is 13.3 Å². The highest BCUT2D eigenvalue weighted by atomic mass is 32.2. The first-order valence-electron chi connectivity index (χ1n) is 10.00. The lowest BCUT2D eigenvalue weighted by Crippen LogP contribution is -2.46. The van der Waals surface area contributed by atoms with E-state index < -0.39 is 32.0 Å². The molecule has 174 valence electrons. The van der Waals surface area contributed by atoms with E-state index in [9.17, 15) is 21.6 Å². The molecule has 1 amide bonds. The molecule has 1 heterocycles. The van der Waals surface area contributed by atoms with Gasteiger partial charge in [-0.1, -0.05) is 25.1 Å². The molecule has 2 aromatic carbocycles. The molecule has 0 saturated heterocycles. The Morgan fingerprint density at radius 3 is 2.15 bits per heavy atom. The van der Waals surface area contributed by atoms with Crippen LogP contribution in [-0.4, -0.2) is 40.0 Å². The van der Waals surface area contributed by atoms with Crippen LogP contribution in [0.25, 0.3) is 0 Å². The Kier molecular flexibility index (Phi) is 7.34. The van der Waals surface area contributed by atoms with Crippen LogP contribution < -0.4 is 14.3 Å². The minimum absolute atomic E-state index is 0.00144. The number of rotatable bonds is 9. The predicted molar refractivity (Wildman–Crippen MR) is 128 cm³/mol. The lowest BCUT2D eigenvalue weighted by molar-refractivity contribution is -0.117. The molecule has 0 spiro atoms. The first-order valence-corrected chi connectivity index (χ1v) is 13.3. The van der Waals surface area contributed by atoms with Crippen LogP contribution >= 0.6 is 0 Å². The van der Waals surface area contributed by atoms with Crippen molar-refractivity contribution in [1.82, 2.24) is 4.98 Å². The number of carbonyl (C=O) groups is 1.